The fourth-order valence-corrected chi connectivity index (χ4v) is 2.47. The highest BCUT2D eigenvalue weighted by atomic mass is 32.1. The van der Waals surface area contributed by atoms with E-state index < -0.39 is 0 Å². The molecule has 2 amide bonds. The van der Waals surface area contributed by atoms with Crippen LogP contribution in [0.15, 0.2) is 17.5 Å². The van der Waals surface area contributed by atoms with Crippen LogP contribution in [0.25, 0.3) is 0 Å². The lowest BCUT2D eigenvalue weighted by Crippen LogP contribution is -2.33. The minimum atomic E-state index is -0.213. The van der Waals surface area contributed by atoms with Gasteiger partial charge in [-0.05, 0) is 18.4 Å². The largest absolute Gasteiger partial charge is 0.355 e. The summed E-state index contributed by atoms with van der Waals surface area (Å²) < 4.78 is 0. The zero-order valence-electron chi connectivity index (χ0n) is 9.03. The van der Waals surface area contributed by atoms with Gasteiger partial charge >= 0.3 is 0 Å². The molecule has 2 rings (SSSR count). The van der Waals surface area contributed by atoms with Gasteiger partial charge in [0.05, 0.1) is 12.0 Å². The molecular formula is C11H14N2O2S. The van der Waals surface area contributed by atoms with Crippen molar-refractivity contribution < 1.29 is 9.59 Å². The van der Waals surface area contributed by atoms with Crippen molar-refractivity contribution >= 4 is 23.2 Å². The van der Waals surface area contributed by atoms with Crippen LogP contribution in [0.1, 0.15) is 24.3 Å². The zero-order chi connectivity index (χ0) is 11.5. The van der Waals surface area contributed by atoms with Crippen LogP contribution < -0.4 is 10.6 Å². The highest BCUT2D eigenvalue weighted by molar-refractivity contribution is 7.10. The molecule has 0 saturated carbocycles. The molecule has 1 saturated heterocycles. The van der Waals surface area contributed by atoms with E-state index in [0.29, 0.717) is 13.0 Å². The fraction of sp³-hybridized carbons (Fsp3) is 0.455. The van der Waals surface area contributed by atoms with Gasteiger partial charge in [-0.2, -0.15) is 0 Å². The van der Waals surface area contributed by atoms with Gasteiger partial charge < -0.3 is 10.6 Å². The number of carbonyl (C=O) groups excluding carboxylic acids is 2. The highest BCUT2D eigenvalue weighted by Gasteiger charge is 2.28. The van der Waals surface area contributed by atoms with Crippen molar-refractivity contribution in [3.05, 3.63) is 22.4 Å². The summed E-state index contributed by atoms with van der Waals surface area (Å²) in [5.41, 5.74) is 0. The van der Waals surface area contributed by atoms with Crippen molar-refractivity contribution in [2.45, 2.75) is 19.4 Å². The van der Waals surface area contributed by atoms with Gasteiger partial charge in [0.25, 0.3) is 0 Å². The number of hydrogen-bond donors (Lipinski definition) is 2. The Bertz CT molecular complexity index is 389. The minimum absolute atomic E-state index is 0.0169. The molecular weight excluding hydrogens is 224 g/mol. The molecule has 1 aliphatic rings. The average molecular weight is 238 g/mol. The first-order valence-corrected chi connectivity index (χ1v) is 6.15. The third kappa shape index (κ3) is 2.41. The van der Waals surface area contributed by atoms with Crippen molar-refractivity contribution in [2.24, 2.45) is 5.92 Å². The van der Waals surface area contributed by atoms with Gasteiger partial charge in [-0.1, -0.05) is 6.07 Å². The molecule has 86 valence electrons. The molecule has 0 radical (unpaired) electrons. The summed E-state index contributed by atoms with van der Waals surface area (Å²) in [6, 6.07) is 3.97. The second kappa shape index (κ2) is 4.65. The quantitative estimate of drug-likeness (QED) is 0.827. The summed E-state index contributed by atoms with van der Waals surface area (Å²) in [6.07, 6.45) is 0.309. The Balaban J connectivity index is 1.90. The number of nitrogens with one attached hydrogen (secondary N) is 2. The van der Waals surface area contributed by atoms with E-state index >= 15 is 0 Å². The zero-order valence-corrected chi connectivity index (χ0v) is 9.84. The molecule has 4 nitrogen and oxygen atoms in total. The van der Waals surface area contributed by atoms with E-state index in [1.807, 2.05) is 24.4 Å². The van der Waals surface area contributed by atoms with Crippen molar-refractivity contribution in [1.29, 1.82) is 0 Å². The Morgan fingerprint density at radius 3 is 3.06 bits per heavy atom. The van der Waals surface area contributed by atoms with Crippen LogP contribution in [0.4, 0.5) is 0 Å². The number of carbonyl (C=O) groups is 2. The Morgan fingerprint density at radius 2 is 2.50 bits per heavy atom. The van der Waals surface area contributed by atoms with Crippen molar-refractivity contribution in [1.82, 2.24) is 10.6 Å². The molecule has 0 aromatic carbocycles. The van der Waals surface area contributed by atoms with Crippen molar-refractivity contribution in [3.8, 4) is 0 Å². The Labute approximate surface area is 98.0 Å². The van der Waals surface area contributed by atoms with Crippen molar-refractivity contribution in [3.63, 3.8) is 0 Å². The number of thiophene rings is 1. The minimum Gasteiger partial charge on any atom is -0.355 e. The molecule has 1 aromatic heterocycles. The van der Waals surface area contributed by atoms with Crippen LogP contribution in [0.3, 0.4) is 0 Å². The third-order valence-corrected chi connectivity index (χ3v) is 3.73. The molecule has 2 unspecified atom stereocenters. The van der Waals surface area contributed by atoms with Gasteiger partial charge in [-0.25, -0.2) is 0 Å². The molecule has 1 aliphatic heterocycles. The molecule has 1 aromatic rings. The topological polar surface area (TPSA) is 58.2 Å². The van der Waals surface area contributed by atoms with Crippen molar-refractivity contribution in [2.75, 3.05) is 6.54 Å². The van der Waals surface area contributed by atoms with E-state index in [1.165, 1.54) is 0 Å². The molecule has 1 fully saturated rings. The SMILES string of the molecule is CC(NC(=O)C1CNC(=O)C1)c1cccs1. The van der Waals surface area contributed by atoms with E-state index in [1.54, 1.807) is 11.3 Å². The van der Waals surface area contributed by atoms with Gasteiger partial charge in [0.15, 0.2) is 0 Å². The number of hydrogen-bond acceptors (Lipinski definition) is 3. The number of amides is 2. The maximum Gasteiger partial charge on any atom is 0.225 e. The second-order valence-corrected chi connectivity index (χ2v) is 4.93. The Hall–Kier alpha value is -1.36. The van der Waals surface area contributed by atoms with Gasteiger partial charge in [0, 0.05) is 17.8 Å². The summed E-state index contributed by atoms with van der Waals surface area (Å²) in [7, 11) is 0. The molecule has 0 spiro atoms. The van der Waals surface area contributed by atoms with Gasteiger partial charge in [0.2, 0.25) is 11.8 Å². The molecule has 0 aliphatic carbocycles. The highest BCUT2D eigenvalue weighted by Crippen LogP contribution is 2.19. The lowest BCUT2D eigenvalue weighted by Gasteiger charge is -2.14. The van der Waals surface area contributed by atoms with E-state index in [9.17, 15) is 9.59 Å². The molecule has 16 heavy (non-hydrogen) atoms. The monoisotopic (exact) mass is 238 g/mol. The Morgan fingerprint density at radius 1 is 1.69 bits per heavy atom. The lowest BCUT2D eigenvalue weighted by atomic mass is 10.1. The normalized spacial score (nSPS) is 21.6. The van der Waals surface area contributed by atoms with Crippen LogP contribution in [-0.4, -0.2) is 18.4 Å². The summed E-state index contributed by atoms with van der Waals surface area (Å²) in [6.45, 7) is 2.41. The first-order chi connectivity index (χ1) is 7.66. The molecule has 0 bridgehead atoms. The smallest absolute Gasteiger partial charge is 0.225 e. The summed E-state index contributed by atoms with van der Waals surface area (Å²) >= 11 is 1.62. The first-order valence-electron chi connectivity index (χ1n) is 5.27. The standard InChI is InChI=1S/C11H14N2O2S/c1-7(9-3-2-4-16-9)13-11(15)8-5-10(14)12-6-8/h2-4,7-8H,5-6H2,1H3,(H,12,14)(H,13,15). The average Bonchev–Trinajstić information content (AvgIpc) is 2.87. The first kappa shape index (κ1) is 11.1. The maximum atomic E-state index is 11.8. The summed E-state index contributed by atoms with van der Waals surface area (Å²) in [5, 5.41) is 7.57. The van der Waals surface area contributed by atoms with E-state index in [2.05, 4.69) is 10.6 Å². The number of rotatable bonds is 3. The van der Waals surface area contributed by atoms with E-state index in [0.717, 1.165) is 4.88 Å². The second-order valence-electron chi connectivity index (χ2n) is 3.95. The summed E-state index contributed by atoms with van der Waals surface area (Å²) in [4.78, 5) is 23.9. The van der Waals surface area contributed by atoms with E-state index in [4.69, 9.17) is 0 Å². The Kier molecular flexibility index (Phi) is 3.24. The predicted octanol–water partition coefficient (Wildman–Crippen LogP) is 1.06. The van der Waals surface area contributed by atoms with Gasteiger partial charge in [-0.3, -0.25) is 9.59 Å². The van der Waals surface area contributed by atoms with Crippen LogP contribution >= 0.6 is 11.3 Å². The van der Waals surface area contributed by atoms with Crippen LogP contribution in [0.5, 0.6) is 0 Å². The van der Waals surface area contributed by atoms with Gasteiger partial charge in [-0.15, -0.1) is 11.3 Å². The molecule has 5 heteroatoms. The molecule has 2 heterocycles. The maximum absolute atomic E-state index is 11.8. The van der Waals surface area contributed by atoms with Crippen LogP contribution in [0.2, 0.25) is 0 Å². The molecule has 2 N–H and O–H groups in total. The van der Waals surface area contributed by atoms with E-state index in [-0.39, 0.29) is 23.8 Å². The summed E-state index contributed by atoms with van der Waals surface area (Å²) in [5.74, 6) is -0.293. The lowest BCUT2D eigenvalue weighted by molar-refractivity contribution is -0.127. The predicted molar refractivity (Wildman–Crippen MR) is 62.0 cm³/mol. The van der Waals surface area contributed by atoms with Crippen LogP contribution in [0, 0.1) is 5.92 Å². The van der Waals surface area contributed by atoms with Crippen LogP contribution in [-0.2, 0) is 9.59 Å². The fourth-order valence-electron chi connectivity index (χ4n) is 1.73. The van der Waals surface area contributed by atoms with Gasteiger partial charge in [0.1, 0.15) is 0 Å². The third-order valence-electron chi connectivity index (χ3n) is 2.68. The molecule has 2 atom stereocenters.